The number of benzene rings is 2. The molecule has 0 radical (unpaired) electrons. The molecule has 0 bridgehead atoms. The van der Waals surface area contributed by atoms with Crippen molar-refractivity contribution in [2.24, 2.45) is 5.73 Å². The first-order valence-electron chi connectivity index (χ1n) is 8.17. The molecule has 0 fully saturated rings. The molecule has 0 aliphatic heterocycles. The van der Waals surface area contributed by atoms with Crippen molar-refractivity contribution in [1.82, 2.24) is 10.2 Å². The van der Waals surface area contributed by atoms with Gasteiger partial charge in [0, 0.05) is 22.3 Å². The molecule has 1 unspecified atom stereocenters. The fourth-order valence-corrected chi connectivity index (χ4v) is 2.92. The average Bonchev–Trinajstić information content (AvgIpc) is 2.60. The number of hydrogen-bond acceptors (Lipinski definition) is 3. The number of carbonyl (C=O) groups excluding carboxylic acids is 1. The Hall–Kier alpha value is -2.75. The predicted octanol–water partition coefficient (Wildman–Crippen LogP) is 4.22. The number of carbonyl (C=O) groups is 1. The Balaban J connectivity index is 2.16. The molecule has 3 aromatic rings. The minimum absolute atomic E-state index is 0.368. The van der Waals surface area contributed by atoms with Crippen molar-refractivity contribution in [2.75, 3.05) is 0 Å². The molecule has 0 saturated carbocycles. The van der Waals surface area contributed by atoms with E-state index in [1.807, 2.05) is 19.1 Å². The Morgan fingerprint density at radius 2 is 2.00 bits per heavy atom. The number of rotatable bonds is 4. The summed E-state index contributed by atoms with van der Waals surface area (Å²) in [5.41, 5.74) is 10.1. The highest BCUT2D eigenvalue weighted by molar-refractivity contribution is 5.95. The second kappa shape index (κ2) is 6.40. The Labute approximate surface area is 141 Å². The summed E-state index contributed by atoms with van der Waals surface area (Å²) < 4.78 is 0. The molecular formula is C20H21N3O. The van der Waals surface area contributed by atoms with Gasteiger partial charge in [0.2, 0.25) is 5.91 Å². The van der Waals surface area contributed by atoms with Gasteiger partial charge in [-0.15, -0.1) is 0 Å². The zero-order chi connectivity index (χ0) is 17.3. The molecule has 1 aromatic heterocycles. The van der Waals surface area contributed by atoms with Gasteiger partial charge in [0.05, 0.1) is 11.9 Å². The third kappa shape index (κ3) is 2.87. The molecule has 1 amide bonds. The first-order chi connectivity index (χ1) is 11.5. The van der Waals surface area contributed by atoms with E-state index < -0.39 is 5.91 Å². The molecule has 1 heterocycles. The lowest BCUT2D eigenvalue weighted by molar-refractivity contribution is 0.100. The van der Waals surface area contributed by atoms with Crippen LogP contribution in [0.2, 0.25) is 0 Å². The number of nitrogens with two attached hydrogens (primary N) is 1. The van der Waals surface area contributed by atoms with Gasteiger partial charge in [0.1, 0.15) is 0 Å². The van der Waals surface area contributed by atoms with Gasteiger partial charge in [-0.05, 0) is 48.2 Å². The quantitative estimate of drug-likeness (QED) is 0.783. The summed E-state index contributed by atoms with van der Waals surface area (Å²) in [5.74, 6) is -0.0473. The average molecular weight is 319 g/mol. The number of nitrogens with zero attached hydrogens (tertiary/aromatic N) is 2. The van der Waals surface area contributed by atoms with Crippen molar-refractivity contribution in [3.63, 3.8) is 0 Å². The first-order valence-corrected chi connectivity index (χ1v) is 8.17. The SMILES string of the molecule is CCC(C)c1nncc2cc(-c3cc(C(N)=O)ccc3C)ccc12. The number of aromatic nitrogens is 2. The van der Waals surface area contributed by atoms with E-state index in [4.69, 9.17) is 5.73 Å². The molecule has 2 N–H and O–H groups in total. The number of amides is 1. The van der Waals surface area contributed by atoms with Crippen LogP contribution >= 0.6 is 0 Å². The van der Waals surface area contributed by atoms with Crippen molar-refractivity contribution < 1.29 is 4.79 Å². The van der Waals surface area contributed by atoms with Crippen LogP contribution in [0.5, 0.6) is 0 Å². The lowest BCUT2D eigenvalue weighted by Gasteiger charge is -2.12. The van der Waals surface area contributed by atoms with Crippen LogP contribution in [0.25, 0.3) is 21.9 Å². The molecule has 3 rings (SSSR count). The van der Waals surface area contributed by atoms with Crippen molar-refractivity contribution in [2.45, 2.75) is 33.1 Å². The maximum absolute atomic E-state index is 11.5. The van der Waals surface area contributed by atoms with E-state index in [-0.39, 0.29) is 0 Å². The third-order valence-corrected chi connectivity index (χ3v) is 4.60. The van der Waals surface area contributed by atoms with Crippen LogP contribution in [0.1, 0.15) is 47.8 Å². The summed E-state index contributed by atoms with van der Waals surface area (Å²) in [6.07, 6.45) is 2.81. The summed E-state index contributed by atoms with van der Waals surface area (Å²) in [5, 5.41) is 10.7. The molecule has 0 saturated heterocycles. The van der Waals surface area contributed by atoms with E-state index in [0.29, 0.717) is 11.5 Å². The summed E-state index contributed by atoms with van der Waals surface area (Å²) in [7, 11) is 0. The lowest BCUT2D eigenvalue weighted by atomic mass is 9.94. The largest absolute Gasteiger partial charge is 0.366 e. The molecule has 122 valence electrons. The predicted molar refractivity (Wildman–Crippen MR) is 96.9 cm³/mol. The van der Waals surface area contributed by atoms with Gasteiger partial charge >= 0.3 is 0 Å². The topological polar surface area (TPSA) is 68.9 Å². The molecule has 0 spiro atoms. The molecule has 0 aliphatic rings. The standard InChI is InChI=1S/C20H21N3O/c1-4-12(2)19-17-8-7-14(9-16(17)11-22-23-19)18-10-15(20(21)24)6-5-13(18)3/h5-12H,4H2,1-3H3,(H2,21,24). The first kappa shape index (κ1) is 16.1. The zero-order valence-electron chi connectivity index (χ0n) is 14.2. The summed E-state index contributed by atoms with van der Waals surface area (Å²) in [6, 6.07) is 11.8. The lowest BCUT2D eigenvalue weighted by Crippen LogP contribution is -2.10. The molecule has 4 nitrogen and oxygen atoms in total. The minimum atomic E-state index is -0.415. The zero-order valence-corrected chi connectivity index (χ0v) is 14.2. The van der Waals surface area contributed by atoms with Crippen LogP contribution in [0.4, 0.5) is 0 Å². The highest BCUT2D eigenvalue weighted by Crippen LogP contribution is 2.30. The van der Waals surface area contributed by atoms with Crippen molar-refractivity contribution in [3.8, 4) is 11.1 Å². The summed E-state index contributed by atoms with van der Waals surface area (Å²) in [6.45, 7) is 6.34. The van der Waals surface area contributed by atoms with Gasteiger partial charge in [-0.2, -0.15) is 10.2 Å². The Bertz CT molecular complexity index is 918. The molecule has 0 aliphatic carbocycles. The number of fused-ring (bicyclic) bond motifs is 1. The maximum atomic E-state index is 11.5. The van der Waals surface area contributed by atoms with Gasteiger partial charge in [0.15, 0.2) is 0 Å². The van der Waals surface area contributed by atoms with Crippen molar-refractivity contribution >= 4 is 16.7 Å². The van der Waals surface area contributed by atoms with E-state index in [1.165, 1.54) is 0 Å². The van der Waals surface area contributed by atoms with E-state index >= 15 is 0 Å². The molecular weight excluding hydrogens is 298 g/mol. The second-order valence-electron chi connectivity index (χ2n) is 6.24. The third-order valence-electron chi connectivity index (χ3n) is 4.60. The van der Waals surface area contributed by atoms with E-state index in [2.05, 4.69) is 42.2 Å². The molecule has 1 atom stereocenters. The van der Waals surface area contributed by atoms with Gasteiger partial charge in [-0.1, -0.05) is 32.0 Å². The van der Waals surface area contributed by atoms with E-state index in [0.717, 1.165) is 39.6 Å². The van der Waals surface area contributed by atoms with Gasteiger partial charge < -0.3 is 5.73 Å². The van der Waals surface area contributed by atoms with E-state index in [9.17, 15) is 4.79 Å². The van der Waals surface area contributed by atoms with Crippen LogP contribution in [0, 0.1) is 6.92 Å². The number of primary amides is 1. The fraction of sp³-hybridized carbons (Fsp3) is 0.250. The fourth-order valence-electron chi connectivity index (χ4n) is 2.92. The number of aryl methyl sites for hydroxylation is 1. The maximum Gasteiger partial charge on any atom is 0.248 e. The molecule has 4 heteroatoms. The van der Waals surface area contributed by atoms with Crippen LogP contribution in [0.3, 0.4) is 0 Å². The van der Waals surface area contributed by atoms with Crippen LogP contribution < -0.4 is 5.73 Å². The second-order valence-corrected chi connectivity index (χ2v) is 6.24. The Kier molecular flexibility index (Phi) is 4.30. The van der Waals surface area contributed by atoms with Gasteiger partial charge in [-0.25, -0.2) is 0 Å². The monoisotopic (exact) mass is 319 g/mol. The number of hydrogen-bond donors (Lipinski definition) is 1. The highest BCUT2D eigenvalue weighted by atomic mass is 16.1. The highest BCUT2D eigenvalue weighted by Gasteiger charge is 2.12. The molecule has 2 aromatic carbocycles. The van der Waals surface area contributed by atoms with Crippen molar-refractivity contribution in [3.05, 3.63) is 59.4 Å². The van der Waals surface area contributed by atoms with E-state index in [1.54, 1.807) is 12.3 Å². The van der Waals surface area contributed by atoms with Crippen molar-refractivity contribution in [1.29, 1.82) is 0 Å². The van der Waals surface area contributed by atoms with Crippen LogP contribution in [-0.4, -0.2) is 16.1 Å². The molecule has 24 heavy (non-hydrogen) atoms. The summed E-state index contributed by atoms with van der Waals surface area (Å²) >= 11 is 0. The van der Waals surface area contributed by atoms with Crippen LogP contribution in [-0.2, 0) is 0 Å². The van der Waals surface area contributed by atoms with Gasteiger partial charge in [-0.3, -0.25) is 4.79 Å². The normalized spacial score (nSPS) is 12.3. The Morgan fingerprint density at radius 1 is 1.21 bits per heavy atom. The Morgan fingerprint density at radius 3 is 2.71 bits per heavy atom. The van der Waals surface area contributed by atoms with Gasteiger partial charge in [0.25, 0.3) is 0 Å². The smallest absolute Gasteiger partial charge is 0.248 e. The minimum Gasteiger partial charge on any atom is -0.366 e. The van der Waals surface area contributed by atoms with Crippen LogP contribution in [0.15, 0.2) is 42.6 Å². The summed E-state index contributed by atoms with van der Waals surface area (Å²) in [4.78, 5) is 11.5.